The zero-order valence-corrected chi connectivity index (χ0v) is 8.01. The van der Waals surface area contributed by atoms with E-state index in [1.54, 1.807) is 18.2 Å². The molecule has 3 nitrogen and oxygen atoms in total. The molecule has 2 aromatic carbocycles. The van der Waals surface area contributed by atoms with Gasteiger partial charge in [0.2, 0.25) is 0 Å². The van der Waals surface area contributed by atoms with E-state index in [-0.39, 0.29) is 11.5 Å². The highest BCUT2D eigenvalue weighted by Gasteiger charge is 2.02. The molecule has 0 aromatic heterocycles. The molecule has 0 aliphatic heterocycles. The summed E-state index contributed by atoms with van der Waals surface area (Å²) in [4.78, 5) is 0. The Morgan fingerprint density at radius 1 is 0.733 bits per heavy atom. The molecule has 15 heavy (non-hydrogen) atoms. The van der Waals surface area contributed by atoms with E-state index in [1.165, 1.54) is 12.1 Å². The molecule has 76 valence electrons. The second kappa shape index (κ2) is 3.53. The van der Waals surface area contributed by atoms with E-state index in [0.29, 0.717) is 5.69 Å². The van der Waals surface area contributed by atoms with Crippen molar-refractivity contribution in [2.45, 2.75) is 0 Å². The zero-order valence-electron chi connectivity index (χ0n) is 8.01. The number of anilines is 1. The molecule has 0 heterocycles. The predicted molar refractivity (Wildman–Crippen MR) is 59.6 cm³/mol. The van der Waals surface area contributed by atoms with Crippen LogP contribution in [0.25, 0.3) is 11.1 Å². The topological polar surface area (TPSA) is 66.5 Å². The van der Waals surface area contributed by atoms with Crippen molar-refractivity contribution in [1.29, 1.82) is 0 Å². The number of benzene rings is 2. The molecule has 0 bridgehead atoms. The van der Waals surface area contributed by atoms with Gasteiger partial charge in [0.15, 0.2) is 11.5 Å². The van der Waals surface area contributed by atoms with Crippen molar-refractivity contribution in [2.24, 2.45) is 0 Å². The SMILES string of the molecule is Nc1ccc(-c2ccc(O)c(O)c2)cc1. The third-order valence-electron chi connectivity index (χ3n) is 2.22. The van der Waals surface area contributed by atoms with E-state index in [9.17, 15) is 5.11 Å². The van der Waals surface area contributed by atoms with E-state index in [2.05, 4.69) is 0 Å². The van der Waals surface area contributed by atoms with E-state index >= 15 is 0 Å². The average Bonchev–Trinajstić information content (AvgIpc) is 2.23. The molecule has 2 rings (SSSR count). The molecule has 0 saturated heterocycles. The molecule has 0 amide bonds. The summed E-state index contributed by atoms with van der Waals surface area (Å²) in [6, 6.07) is 12.0. The van der Waals surface area contributed by atoms with Crippen molar-refractivity contribution in [3.63, 3.8) is 0 Å². The molecule has 0 saturated carbocycles. The van der Waals surface area contributed by atoms with Gasteiger partial charge in [-0.05, 0) is 35.4 Å². The number of nitrogens with two attached hydrogens (primary N) is 1. The van der Waals surface area contributed by atoms with E-state index < -0.39 is 0 Å². The van der Waals surface area contributed by atoms with Crippen LogP contribution >= 0.6 is 0 Å². The minimum atomic E-state index is -0.121. The standard InChI is InChI=1S/C12H11NO2/c13-10-4-1-8(2-5-10)9-3-6-11(14)12(15)7-9/h1-7,14-15H,13H2. The Morgan fingerprint density at radius 3 is 1.93 bits per heavy atom. The molecule has 0 aliphatic carbocycles. The molecule has 0 spiro atoms. The lowest BCUT2D eigenvalue weighted by atomic mass is 10.0. The van der Waals surface area contributed by atoms with Crippen molar-refractivity contribution in [1.82, 2.24) is 0 Å². The number of aromatic hydroxyl groups is 2. The molecule has 0 radical (unpaired) electrons. The van der Waals surface area contributed by atoms with Gasteiger partial charge in [0.1, 0.15) is 0 Å². The summed E-state index contributed by atoms with van der Waals surface area (Å²) < 4.78 is 0. The fraction of sp³-hybridized carbons (Fsp3) is 0. The van der Waals surface area contributed by atoms with Crippen LogP contribution in [0.15, 0.2) is 42.5 Å². The van der Waals surface area contributed by atoms with Gasteiger partial charge in [0.05, 0.1) is 0 Å². The van der Waals surface area contributed by atoms with Crippen LogP contribution in [-0.4, -0.2) is 10.2 Å². The third kappa shape index (κ3) is 1.86. The minimum absolute atomic E-state index is 0.116. The smallest absolute Gasteiger partial charge is 0.158 e. The second-order valence-corrected chi connectivity index (χ2v) is 3.33. The predicted octanol–water partition coefficient (Wildman–Crippen LogP) is 2.35. The largest absolute Gasteiger partial charge is 0.504 e. The van der Waals surface area contributed by atoms with E-state index in [0.717, 1.165) is 11.1 Å². The lowest BCUT2D eigenvalue weighted by Gasteiger charge is -2.04. The molecule has 4 N–H and O–H groups in total. The van der Waals surface area contributed by atoms with Gasteiger partial charge in [-0.1, -0.05) is 18.2 Å². The van der Waals surface area contributed by atoms with Crippen molar-refractivity contribution in [3.8, 4) is 22.6 Å². The van der Waals surface area contributed by atoms with Crippen molar-refractivity contribution in [3.05, 3.63) is 42.5 Å². The van der Waals surface area contributed by atoms with Crippen molar-refractivity contribution >= 4 is 5.69 Å². The molecular weight excluding hydrogens is 190 g/mol. The van der Waals surface area contributed by atoms with Crippen LogP contribution in [-0.2, 0) is 0 Å². The number of phenolic OH excluding ortho intramolecular Hbond substituents is 2. The monoisotopic (exact) mass is 201 g/mol. The van der Waals surface area contributed by atoms with Crippen molar-refractivity contribution in [2.75, 3.05) is 5.73 Å². The highest BCUT2D eigenvalue weighted by Crippen LogP contribution is 2.30. The molecule has 0 fully saturated rings. The van der Waals surface area contributed by atoms with Gasteiger partial charge in [-0.25, -0.2) is 0 Å². The van der Waals surface area contributed by atoms with Crippen LogP contribution in [0.2, 0.25) is 0 Å². The lowest BCUT2D eigenvalue weighted by Crippen LogP contribution is -1.83. The Morgan fingerprint density at radius 2 is 1.33 bits per heavy atom. The average molecular weight is 201 g/mol. The van der Waals surface area contributed by atoms with Gasteiger partial charge in [0, 0.05) is 5.69 Å². The highest BCUT2D eigenvalue weighted by molar-refractivity contribution is 5.68. The fourth-order valence-corrected chi connectivity index (χ4v) is 1.38. The number of phenols is 2. The van der Waals surface area contributed by atoms with Gasteiger partial charge in [-0.15, -0.1) is 0 Å². The Hall–Kier alpha value is -2.16. The summed E-state index contributed by atoms with van der Waals surface area (Å²) in [5, 5.41) is 18.5. The van der Waals surface area contributed by atoms with Crippen LogP contribution in [0.1, 0.15) is 0 Å². The molecular formula is C12H11NO2. The molecule has 0 unspecified atom stereocenters. The quantitative estimate of drug-likeness (QED) is 0.490. The molecule has 0 atom stereocenters. The zero-order chi connectivity index (χ0) is 10.8. The maximum Gasteiger partial charge on any atom is 0.158 e. The molecule has 3 heteroatoms. The number of nitrogen functional groups attached to an aromatic ring is 1. The minimum Gasteiger partial charge on any atom is -0.504 e. The summed E-state index contributed by atoms with van der Waals surface area (Å²) in [6.45, 7) is 0. The van der Waals surface area contributed by atoms with Crippen LogP contribution in [0.3, 0.4) is 0 Å². The lowest BCUT2D eigenvalue weighted by molar-refractivity contribution is 0.404. The van der Waals surface area contributed by atoms with Gasteiger partial charge < -0.3 is 15.9 Å². The number of hydrogen-bond acceptors (Lipinski definition) is 3. The van der Waals surface area contributed by atoms with Crippen LogP contribution in [0.5, 0.6) is 11.5 Å². The second-order valence-electron chi connectivity index (χ2n) is 3.33. The van der Waals surface area contributed by atoms with Crippen LogP contribution < -0.4 is 5.73 Å². The Balaban J connectivity index is 2.45. The first-order valence-electron chi connectivity index (χ1n) is 4.55. The summed E-state index contributed by atoms with van der Waals surface area (Å²) in [5.41, 5.74) is 8.05. The van der Waals surface area contributed by atoms with E-state index in [1.807, 2.05) is 12.1 Å². The fourth-order valence-electron chi connectivity index (χ4n) is 1.38. The third-order valence-corrected chi connectivity index (χ3v) is 2.22. The summed E-state index contributed by atoms with van der Waals surface area (Å²) in [5.74, 6) is -0.237. The summed E-state index contributed by atoms with van der Waals surface area (Å²) >= 11 is 0. The highest BCUT2D eigenvalue weighted by atomic mass is 16.3. The summed E-state index contributed by atoms with van der Waals surface area (Å²) in [6.07, 6.45) is 0. The maximum absolute atomic E-state index is 9.34. The maximum atomic E-state index is 9.34. The van der Waals surface area contributed by atoms with Crippen LogP contribution in [0.4, 0.5) is 5.69 Å². The molecule has 2 aromatic rings. The van der Waals surface area contributed by atoms with Crippen LogP contribution in [0, 0.1) is 0 Å². The van der Waals surface area contributed by atoms with Gasteiger partial charge in [0.25, 0.3) is 0 Å². The summed E-state index contributed by atoms with van der Waals surface area (Å²) in [7, 11) is 0. The molecule has 0 aliphatic rings. The first-order valence-corrected chi connectivity index (χ1v) is 4.55. The first kappa shape index (κ1) is 9.40. The normalized spacial score (nSPS) is 10.1. The first-order chi connectivity index (χ1) is 7.16. The van der Waals surface area contributed by atoms with Crippen molar-refractivity contribution < 1.29 is 10.2 Å². The number of rotatable bonds is 1. The van der Waals surface area contributed by atoms with Gasteiger partial charge >= 0.3 is 0 Å². The van der Waals surface area contributed by atoms with Gasteiger partial charge in [-0.2, -0.15) is 0 Å². The number of hydrogen-bond donors (Lipinski definition) is 3. The Kier molecular flexibility index (Phi) is 2.21. The Labute approximate surface area is 87.4 Å². The van der Waals surface area contributed by atoms with E-state index in [4.69, 9.17) is 10.8 Å². The Bertz CT molecular complexity index is 477. The van der Waals surface area contributed by atoms with Gasteiger partial charge in [-0.3, -0.25) is 0 Å².